The molecule has 0 N–H and O–H groups in total. The molecule has 136 valence electrons. The molecule has 2 aromatic rings. The fourth-order valence-electron chi connectivity index (χ4n) is 2.51. The van der Waals surface area contributed by atoms with Gasteiger partial charge in [0.25, 0.3) is 12.3 Å². The topological polar surface area (TPSA) is 63.9 Å². The molecule has 9 heteroatoms. The average Bonchev–Trinajstić information content (AvgIpc) is 3.07. The van der Waals surface area contributed by atoms with Crippen LogP contribution in [-0.4, -0.2) is 43.9 Å². The molecule has 6 nitrogen and oxygen atoms in total. The minimum absolute atomic E-state index is 0.0760. The first-order valence-electron chi connectivity index (χ1n) is 7.89. The van der Waals surface area contributed by atoms with E-state index in [1.165, 1.54) is 28.2 Å². The second kappa shape index (κ2) is 8.37. The van der Waals surface area contributed by atoms with Crippen LogP contribution in [-0.2, 0) is 0 Å². The number of nitrogens with zero attached hydrogens (tertiary/aromatic N) is 5. The molecule has 2 heterocycles. The second-order valence-electron chi connectivity index (χ2n) is 5.52. The highest BCUT2D eigenvalue weighted by Crippen LogP contribution is 2.30. The molecule has 0 bridgehead atoms. The molecule has 0 spiro atoms. The molecule has 0 aliphatic heterocycles. The van der Waals surface area contributed by atoms with Crippen molar-refractivity contribution in [2.75, 3.05) is 17.7 Å². The van der Waals surface area contributed by atoms with Gasteiger partial charge in [0.1, 0.15) is 5.69 Å². The highest BCUT2D eigenvalue weighted by molar-refractivity contribution is 7.99. The maximum absolute atomic E-state index is 13.7. The molecule has 25 heavy (non-hydrogen) atoms. The number of halogens is 2. The largest absolute Gasteiger partial charge is 0.307 e. The predicted molar refractivity (Wildman–Crippen MR) is 94.3 cm³/mol. The van der Waals surface area contributed by atoms with Crippen molar-refractivity contribution >= 4 is 23.4 Å². The minimum Gasteiger partial charge on any atom is -0.307 e. The number of amides is 1. The molecule has 1 amide bonds. The summed E-state index contributed by atoms with van der Waals surface area (Å²) in [6.07, 6.45) is 3.21. The van der Waals surface area contributed by atoms with Crippen molar-refractivity contribution in [3.63, 3.8) is 0 Å². The van der Waals surface area contributed by atoms with Gasteiger partial charge in [-0.3, -0.25) is 9.48 Å². The summed E-state index contributed by atoms with van der Waals surface area (Å²) in [5.41, 5.74) is 0.0636. The number of carbonyl (C=O) groups excluding carboxylic acids is 1. The fourth-order valence-corrected chi connectivity index (χ4v) is 3.02. The van der Waals surface area contributed by atoms with Gasteiger partial charge in [-0.1, -0.05) is 6.92 Å². The molecule has 2 unspecified atom stereocenters. The summed E-state index contributed by atoms with van der Waals surface area (Å²) in [5.74, 6) is -0.527. The van der Waals surface area contributed by atoms with E-state index in [1.807, 2.05) is 20.1 Å². The van der Waals surface area contributed by atoms with Gasteiger partial charge in [-0.05, 0) is 26.2 Å². The van der Waals surface area contributed by atoms with Crippen molar-refractivity contribution in [2.24, 2.45) is 0 Å². The molecule has 2 aromatic heterocycles. The molecule has 0 saturated carbocycles. The lowest BCUT2D eigenvalue weighted by Gasteiger charge is -2.23. The van der Waals surface area contributed by atoms with E-state index in [0.29, 0.717) is 12.2 Å². The van der Waals surface area contributed by atoms with Gasteiger partial charge in [0, 0.05) is 11.8 Å². The van der Waals surface area contributed by atoms with Crippen LogP contribution in [0.25, 0.3) is 0 Å². The molecule has 0 aliphatic rings. The predicted octanol–water partition coefficient (Wildman–Crippen LogP) is 3.59. The molecule has 0 saturated heterocycles. The number of alkyl halides is 2. The van der Waals surface area contributed by atoms with Crippen LogP contribution in [0, 0.1) is 0 Å². The standard InChI is InChI=1S/C16H21F2N5OS/c1-5-22(12-6-7-19-20-8-12)16(24)13-9-21-23(14(13)15(17)18)10(2)11(3)25-4/h6-11,15H,5H2,1-4H3. The Morgan fingerprint density at radius 2 is 2.04 bits per heavy atom. The van der Waals surface area contributed by atoms with Crippen LogP contribution in [0.2, 0.25) is 0 Å². The van der Waals surface area contributed by atoms with Gasteiger partial charge in [-0.25, -0.2) is 8.78 Å². The Kier molecular flexibility index (Phi) is 6.46. The van der Waals surface area contributed by atoms with Gasteiger partial charge in [0.15, 0.2) is 0 Å². The third-order valence-corrected chi connectivity index (χ3v) is 5.29. The molecular weight excluding hydrogens is 348 g/mol. The summed E-state index contributed by atoms with van der Waals surface area (Å²) < 4.78 is 28.7. The normalized spacial score (nSPS) is 13.7. The van der Waals surface area contributed by atoms with Crippen LogP contribution in [0.4, 0.5) is 14.5 Å². The Labute approximate surface area is 149 Å². The number of thioether (sulfide) groups is 1. The second-order valence-corrected chi connectivity index (χ2v) is 6.74. The maximum Gasteiger partial charge on any atom is 0.280 e. The van der Waals surface area contributed by atoms with Gasteiger partial charge in [0.05, 0.1) is 35.9 Å². The lowest BCUT2D eigenvalue weighted by atomic mass is 10.2. The van der Waals surface area contributed by atoms with Crippen LogP contribution in [0.5, 0.6) is 0 Å². The lowest BCUT2D eigenvalue weighted by Crippen LogP contribution is -2.31. The molecule has 2 atom stereocenters. The first-order valence-corrected chi connectivity index (χ1v) is 9.18. The SMILES string of the molecule is CCN(C(=O)c1cnn(C(C)C(C)SC)c1C(F)F)c1ccnnc1. The van der Waals surface area contributed by atoms with Crippen molar-refractivity contribution in [1.29, 1.82) is 0 Å². The van der Waals surface area contributed by atoms with Gasteiger partial charge >= 0.3 is 0 Å². The maximum atomic E-state index is 13.7. The van der Waals surface area contributed by atoms with Crippen molar-refractivity contribution in [3.8, 4) is 0 Å². The summed E-state index contributed by atoms with van der Waals surface area (Å²) in [4.78, 5) is 14.2. The zero-order valence-electron chi connectivity index (χ0n) is 14.6. The van der Waals surface area contributed by atoms with Crippen LogP contribution in [0.1, 0.15) is 49.3 Å². The van der Waals surface area contributed by atoms with Crippen LogP contribution < -0.4 is 4.90 Å². The van der Waals surface area contributed by atoms with E-state index in [2.05, 4.69) is 15.3 Å². The van der Waals surface area contributed by atoms with E-state index in [9.17, 15) is 13.6 Å². The van der Waals surface area contributed by atoms with Gasteiger partial charge in [-0.2, -0.15) is 27.1 Å². The van der Waals surface area contributed by atoms with E-state index < -0.39 is 12.3 Å². The van der Waals surface area contributed by atoms with Crippen molar-refractivity contribution < 1.29 is 13.6 Å². The third kappa shape index (κ3) is 3.97. The third-order valence-electron chi connectivity index (χ3n) is 4.15. The minimum atomic E-state index is -2.80. The Hall–Kier alpha value is -2.03. The quantitative estimate of drug-likeness (QED) is 0.746. The van der Waals surface area contributed by atoms with Crippen molar-refractivity contribution in [3.05, 3.63) is 35.9 Å². The highest BCUT2D eigenvalue weighted by atomic mass is 32.2. The number of hydrogen-bond donors (Lipinski definition) is 0. The number of carbonyl (C=O) groups is 1. The number of rotatable bonds is 7. The van der Waals surface area contributed by atoms with E-state index in [1.54, 1.807) is 24.8 Å². The first-order chi connectivity index (χ1) is 11.9. The van der Waals surface area contributed by atoms with Gasteiger partial charge in [0.2, 0.25) is 0 Å². The molecule has 0 aromatic carbocycles. The van der Waals surface area contributed by atoms with E-state index >= 15 is 0 Å². The monoisotopic (exact) mass is 369 g/mol. The zero-order chi connectivity index (χ0) is 18.6. The van der Waals surface area contributed by atoms with Crippen molar-refractivity contribution in [2.45, 2.75) is 38.5 Å². The number of hydrogen-bond acceptors (Lipinski definition) is 5. The Bertz CT molecular complexity index is 710. The lowest BCUT2D eigenvalue weighted by molar-refractivity contribution is 0.0968. The van der Waals surface area contributed by atoms with E-state index in [0.717, 1.165) is 0 Å². The zero-order valence-corrected chi connectivity index (χ0v) is 15.4. The Morgan fingerprint density at radius 3 is 2.56 bits per heavy atom. The highest BCUT2D eigenvalue weighted by Gasteiger charge is 2.30. The summed E-state index contributed by atoms with van der Waals surface area (Å²) >= 11 is 1.56. The molecular formula is C16H21F2N5OS. The molecule has 2 rings (SSSR count). The number of anilines is 1. The number of aromatic nitrogens is 4. The molecule has 0 fully saturated rings. The van der Waals surface area contributed by atoms with E-state index in [-0.39, 0.29) is 22.5 Å². The summed E-state index contributed by atoms with van der Waals surface area (Å²) in [7, 11) is 0. The van der Waals surface area contributed by atoms with E-state index in [4.69, 9.17) is 0 Å². The van der Waals surface area contributed by atoms with Gasteiger partial charge < -0.3 is 4.90 Å². The summed E-state index contributed by atoms with van der Waals surface area (Å²) in [6.45, 7) is 5.84. The molecule has 0 radical (unpaired) electrons. The van der Waals surface area contributed by atoms with Crippen LogP contribution >= 0.6 is 11.8 Å². The first kappa shape index (κ1) is 19.3. The molecule has 0 aliphatic carbocycles. The van der Waals surface area contributed by atoms with Crippen LogP contribution in [0.15, 0.2) is 24.7 Å². The van der Waals surface area contributed by atoms with Crippen molar-refractivity contribution in [1.82, 2.24) is 20.0 Å². The Morgan fingerprint density at radius 1 is 1.32 bits per heavy atom. The van der Waals surface area contributed by atoms with Gasteiger partial charge in [-0.15, -0.1) is 0 Å². The summed E-state index contributed by atoms with van der Waals surface area (Å²) in [5, 5.41) is 11.6. The smallest absolute Gasteiger partial charge is 0.280 e. The summed E-state index contributed by atoms with van der Waals surface area (Å²) in [6, 6.07) is 1.34. The van der Waals surface area contributed by atoms with Crippen LogP contribution in [0.3, 0.4) is 0 Å². The Balaban J connectivity index is 2.44. The average molecular weight is 369 g/mol. The fraction of sp³-hybridized carbons (Fsp3) is 0.500.